The number of ether oxygens (including phenoxy) is 1. The van der Waals surface area contributed by atoms with Crippen molar-refractivity contribution >= 4 is 11.7 Å². The molecule has 19 heavy (non-hydrogen) atoms. The van der Waals surface area contributed by atoms with Crippen molar-refractivity contribution in [3.8, 4) is 5.75 Å². The minimum absolute atomic E-state index is 0.0329. The molecule has 0 fully saturated rings. The van der Waals surface area contributed by atoms with Gasteiger partial charge in [-0.25, -0.2) is 4.98 Å². The third-order valence-electron chi connectivity index (χ3n) is 2.81. The van der Waals surface area contributed by atoms with Gasteiger partial charge in [-0.15, -0.1) is 0 Å². The molecular formula is C15H16N2O2. The molecule has 2 aromatic rings. The van der Waals surface area contributed by atoms with E-state index in [1.165, 1.54) is 6.92 Å². The molecule has 0 saturated heterocycles. The maximum Gasteiger partial charge on any atom is 0.225 e. The van der Waals surface area contributed by atoms with Gasteiger partial charge in [0.2, 0.25) is 5.91 Å². The standard InChI is InChI=1S/C15H16N2O2/c1-12(18)17(15-5-3-4-10-16-15)11-13-6-8-14(19-2)9-7-13/h3-10H,11H2,1-2H3. The largest absolute Gasteiger partial charge is 0.497 e. The molecular weight excluding hydrogens is 240 g/mol. The second-order valence-corrected chi connectivity index (χ2v) is 4.14. The van der Waals surface area contributed by atoms with Gasteiger partial charge in [0.25, 0.3) is 0 Å². The van der Waals surface area contributed by atoms with Gasteiger partial charge in [-0.2, -0.15) is 0 Å². The van der Waals surface area contributed by atoms with E-state index < -0.39 is 0 Å². The van der Waals surface area contributed by atoms with Gasteiger partial charge < -0.3 is 4.74 Å². The SMILES string of the molecule is COc1ccc(CN(C(C)=O)c2ccccn2)cc1. The first kappa shape index (κ1) is 13.1. The van der Waals surface area contributed by atoms with Crippen molar-refractivity contribution < 1.29 is 9.53 Å². The molecule has 0 aliphatic heterocycles. The second kappa shape index (κ2) is 6.00. The molecule has 0 bridgehead atoms. The van der Waals surface area contributed by atoms with Gasteiger partial charge in [0.05, 0.1) is 13.7 Å². The highest BCUT2D eigenvalue weighted by molar-refractivity contribution is 5.90. The number of amides is 1. The lowest BCUT2D eigenvalue weighted by Crippen LogP contribution is -2.28. The summed E-state index contributed by atoms with van der Waals surface area (Å²) in [6.45, 7) is 2.04. The molecule has 2 rings (SSSR count). The second-order valence-electron chi connectivity index (χ2n) is 4.14. The van der Waals surface area contributed by atoms with E-state index in [2.05, 4.69) is 4.98 Å². The lowest BCUT2D eigenvalue weighted by Gasteiger charge is -2.20. The minimum Gasteiger partial charge on any atom is -0.497 e. The number of aromatic nitrogens is 1. The van der Waals surface area contributed by atoms with Gasteiger partial charge in [0, 0.05) is 13.1 Å². The molecule has 1 heterocycles. The Balaban J connectivity index is 2.19. The third kappa shape index (κ3) is 3.31. The summed E-state index contributed by atoms with van der Waals surface area (Å²) in [6, 6.07) is 13.2. The highest BCUT2D eigenvalue weighted by Crippen LogP contribution is 2.17. The van der Waals surface area contributed by atoms with Crippen LogP contribution in [-0.2, 0) is 11.3 Å². The predicted octanol–water partition coefficient (Wildman–Crippen LogP) is 2.64. The van der Waals surface area contributed by atoms with Crippen LogP contribution in [-0.4, -0.2) is 18.0 Å². The Hall–Kier alpha value is -2.36. The molecule has 4 heteroatoms. The number of carbonyl (C=O) groups excluding carboxylic acids is 1. The Labute approximate surface area is 112 Å². The number of carbonyl (C=O) groups is 1. The van der Waals surface area contributed by atoms with Crippen molar-refractivity contribution in [1.82, 2.24) is 4.98 Å². The van der Waals surface area contributed by atoms with Gasteiger partial charge >= 0.3 is 0 Å². The Morgan fingerprint density at radius 1 is 1.21 bits per heavy atom. The van der Waals surface area contributed by atoms with Crippen LogP contribution in [0, 0.1) is 0 Å². The molecule has 0 aliphatic carbocycles. The van der Waals surface area contributed by atoms with Crippen molar-refractivity contribution in [2.75, 3.05) is 12.0 Å². The van der Waals surface area contributed by atoms with Gasteiger partial charge in [-0.1, -0.05) is 18.2 Å². The summed E-state index contributed by atoms with van der Waals surface area (Å²) in [7, 11) is 1.63. The fourth-order valence-corrected chi connectivity index (χ4v) is 1.78. The van der Waals surface area contributed by atoms with E-state index in [4.69, 9.17) is 4.74 Å². The third-order valence-corrected chi connectivity index (χ3v) is 2.81. The molecule has 0 N–H and O–H groups in total. The van der Waals surface area contributed by atoms with Crippen molar-refractivity contribution in [2.24, 2.45) is 0 Å². The number of anilines is 1. The highest BCUT2D eigenvalue weighted by atomic mass is 16.5. The van der Waals surface area contributed by atoms with E-state index in [9.17, 15) is 4.79 Å². The Morgan fingerprint density at radius 3 is 2.47 bits per heavy atom. The van der Waals surface area contributed by atoms with E-state index in [0.29, 0.717) is 12.4 Å². The van der Waals surface area contributed by atoms with Gasteiger partial charge in [-0.05, 0) is 29.8 Å². The highest BCUT2D eigenvalue weighted by Gasteiger charge is 2.12. The first-order chi connectivity index (χ1) is 9.20. The number of rotatable bonds is 4. The molecule has 0 atom stereocenters. The van der Waals surface area contributed by atoms with Crippen LogP contribution in [0.15, 0.2) is 48.7 Å². The van der Waals surface area contributed by atoms with Crippen LogP contribution < -0.4 is 9.64 Å². The lowest BCUT2D eigenvalue weighted by molar-refractivity contribution is -0.116. The average molecular weight is 256 g/mol. The number of hydrogen-bond acceptors (Lipinski definition) is 3. The summed E-state index contributed by atoms with van der Waals surface area (Å²) >= 11 is 0. The van der Waals surface area contributed by atoms with Crippen molar-refractivity contribution in [1.29, 1.82) is 0 Å². The molecule has 0 unspecified atom stereocenters. The van der Waals surface area contributed by atoms with Crippen molar-refractivity contribution in [3.05, 3.63) is 54.2 Å². The Kier molecular flexibility index (Phi) is 4.13. The van der Waals surface area contributed by atoms with E-state index in [1.807, 2.05) is 42.5 Å². The fourth-order valence-electron chi connectivity index (χ4n) is 1.78. The maximum atomic E-state index is 11.7. The average Bonchev–Trinajstić information content (AvgIpc) is 2.46. The molecule has 1 amide bonds. The van der Waals surface area contributed by atoms with Crippen LogP contribution in [0.3, 0.4) is 0 Å². The van der Waals surface area contributed by atoms with Crippen molar-refractivity contribution in [2.45, 2.75) is 13.5 Å². The number of nitrogens with zero attached hydrogens (tertiary/aromatic N) is 2. The zero-order valence-electron chi connectivity index (χ0n) is 11.0. The molecule has 98 valence electrons. The minimum atomic E-state index is -0.0329. The summed E-state index contributed by atoms with van der Waals surface area (Å²) in [5.41, 5.74) is 1.03. The summed E-state index contributed by atoms with van der Waals surface area (Å²) in [5, 5.41) is 0. The van der Waals surface area contributed by atoms with Crippen LogP contribution >= 0.6 is 0 Å². The maximum absolute atomic E-state index is 11.7. The van der Waals surface area contributed by atoms with Crippen LogP contribution in [0.2, 0.25) is 0 Å². The molecule has 4 nitrogen and oxygen atoms in total. The number of methoxy groups -OCH3 is 1. The van der Waals surface area contributed by atoms with E-state index in [-0.39, 0.29) is 5.91 Å². The molecule has 0 spiro atoms. The molecule has 0 aliphatic rings. The van der Waals surface area contributed by atoms with Crippen LogP contribution in [0.5, 0.6) is 5.75 Å². The van der Waals surface area contributed by atoms with E-state index in [1.54, 1.807) is 18.2 Å². The smallest absolute Gasteiger partial charge is 0.225 e. The van der Waals surface area contributed by atoms with Gasteiger partial charge in [0.15, 0.2) is 0 Å². The van der Waals surface area contributed by atoms with Gasteiger partial charge in [-0.3, -0.25) is 9.69 Å². The lowest BCUT2D eigenvalue weighted by atomic mass is 10.2. The molecule has 0 radical (unpaired) electrons. The quantitative estimate of drug-likeness (QED) is 0.844. The van der Waals surface area contributed by atoms with Crippen LogP contribution in [0.25, 0.3) is 0 Å². The Morgan fingerprint density at radius 2 is 1.95 bits per heavy atom. The number of benzene rings is 1. The van der Waals surface area contributed by atoms with Gasteiger partial charge in [0.1, 0.15) is 11.6 Å². The fraction of sp³-hybridized carbons (Fsp3) is 0.200. The summed E-state index contributed by atoms with van der Waals surface area (Å²) in [6.07, 6.45) is 1.68. The predicted molar refractivity (Wildman–Crippen MR) is 74.1 cm³/mol. The normalized spacial score (nSPS) is 10.0. The molecule has 1 aromatic heterocycles. The van der Waals surface area contributed by atoms with E-state index in [0.717, 1.165) is 11.3 Å². The molecule has 0 saturated carbocycles. The monoisotopic (exact) mass is 256 g/mol. The first-order valence-corrected chi connectivity index (χ1v) is 6.03. The topological polar surface area (TPSA) is 42.4 Å². The summed E-state index contributed by atoms with van der Waals surface area (Å²) in [5.74, 6) is 1.43. The number of pyridine rings is 1. The van der Waals surface area contributed by atoms with E-state index >= 15 is 0 Å². The summed E-state index contributed by atoms with van der Waals surface area (Å²) in [4.78, 5) is 17.6. The zero-order chi connectivity index (χ0) is 13.7. The summed E-state index contributed by atoms with van der Waals surface area (Å²) < 4.78 is 5.11. The van der Waals surface area contributed by atoms with Crippen LogP contribution in [0.1, 0.15) is 12.5 Å². The van der Waals surface area contributed by atoms with Crippen molar-refractivity contribution in [3.63, 3.8) is 0 Å². The number of hydrogen-bond donors (Lipinski definition) is 0. The van der Waals surface area contributed by atoms with Crippen LogP contribution in [0.4, 0.5) is 5.82 Å². The Bertz CT molecular complexity index is 538. The zero-order valence-corrected chi connectivity index (χ0v) is 11.0. The first-order valence-electron chi connectivity index (χ1n) is 6.03. The molecule has 1 aromatic carbocycles.